The number of carbonyl (C=O) groups excluding carboxylic acids is 1. The van der Waals surface area contributed by atoms with Crippen LogP contribution in [-0.2, 0) is 6.54 Å². The molecule has 1 aromatic heterocycles. The van der Waals surface area contributed by atoms with E-state index in [1.807, 2.05) is 31.2 Å². The van der Waals surface area contributed by atoms with E-state index < -0.39 is 11.7 Å². The van der Waals surface area contributed by atoms with Crippen LogP contribution in [0.25, 0.3) is 11.5 Å². The Morgan fingerprint density at radius 2 is 1.96 bits per heavy atom. The van der Waals surface area contributed by atoms with Crippen LogP contribution in [0.2, 0.25) is 0 Å². The summed E-state index contributed by atoms with van der Waals surface area (Å²) in [6.07, 6.45) is 0. The van der Waals surface area contributed by atoms with Crippen LogP contribution in [0.1, 0.15) is 21.8 Å². The summed E-state index contributed by atoms with van der Waals surface area (Å²) >= 11 is 0. The smallest absolute Gasteiger partial charge is 0.251 e. The first-order valence-electron chi connectivity index (χ1n) is 7.05. The number of halogens is 1. The summed E-state index contributed by atoms with van der Waals surface area (Å²) in [5.41, 5.74) is 2.19. The number of hydrogen-bond acceptors (Lipinski definition) is 4. The second-order valence-electron chi connectivity index (χ2n) is 5.06. The van der Waals surface area contributed by atoms with Crippen LogP contribution in [-0.4, -0.2) is 16.1 Å². The number of rotatable bonds is 4. The lowest BCUT2D eigenvalue weighted by molar-refractivity contribution is 0.0947. The van der Waals surface area contributed by atoms with E-state index in [1.54, 1.807) is 0 Å². The summed E-state index contributed by atoms with van der Waals surface area (Å²) in [6, 6.07) is 13.1. The summed E-state index contributed by atoms with van der Waals surface area (Å²) in [5.74, 6) is -0.193. The van der Waals surface area contributed by atoms with E-state index in [9.17, 15) is 9.18 Å². The molecule has 0 aliphatic carbocycles. The molecule has 0 spiro atoms. The molecular weight excluding hydrogens is 297 g/mol. The zero-order valence-electron chi connectivity index (χ0n) is 12.4. The Bertz CT molecular complexity index is 828. The van der Waals surface area contributed by atoms with Crippen LogP contribution >= 0.6 is 0 Å². The first kappa shape index (κ1) is 14.9. The number of carbonyl (C=O) groups is 1. The third kappa shape index (κ3) is 3.60. The Labute approximate surface area is 132 Å². The third-order valence-electron chi connectivity index (χ3n) is 3.25. The van der Waals surface area contributed by atoms with Crippen LogP contribution < -0.4 is 5.32 Å². The van der Waals surface area contributed by atoms with Gasteiger partial charge in [-0.05, 0) is 37.3 Å². The molecule has 0 bridgehead atoms. The Kier molecular flexibility index (Phi) is 4.14. The van der Waals surface area contributed by atoms with Crippen molar-refractivity contribution in [3.8, 4) is 11.5 Å². The van der Waals surface area contributed by atoms with Gasteiger partial charge in [-0.3, -0.25) is 4.79 Å². The zero-order valence-corrected chi connectivity index (χ0v) is 12.4. The van der Waals surface area contributed by atoms with Crippen LogP contribution in [0.5, 0.6) is 0 Å². The van der Waals surface area contributed by atoms with Crippen molar-refractivity contribution in [1.29, 1.82) is 0 Å². The fraction of sp³-hybridized carbons (Fsp3) is 0.118. The second kappa shape index (κ2) is 6.39. The fourth-order valence-electron chi connectivity index (χ4n) is 2.03. The molecule has 0 saturated heterocycles. The molecule has 0 unspecified atom stereocenters. The van der Waals surface area contributed by atoms with Gasteiger partial charge in [-0.25, -0.2) is 4.39 Å². The number of nitrogens with zero attached hydrogens (tertiary/aromatic N) is 2. The Morgan fingerprint density at radius 3 is 2.70 bits per heavy atom. The number of nitrogens with one attached hydrogen (secondary N) is 1. The summed E-state index contributed by atoms with van der Waals surface area (Å²) in [5, 5.41) is 10.5. The highest BCUT2D eigenvalue weighted by molar-refractivity contribution is 5.94. The van der Waals surface area contributed by atoms with Crippen molar-refractivity contribution in [2.24, 2.45) is 0 Å². The molecular formula is C17H14FN3O2. The largest absolute Gasteiger partial charge is 0.419 e. The Balaban J connectivity index is 1.65. The van der Waals surface area contributed by atoms with Crippen LogP contribution in [0.15, 0.2) is 52.9 Å². The monoisotopic (exact) mass is 311 g/mol. The zero-order chi connectivity index (χ0) is 16.2. The molecule has 3 rings (SSSR count). The molecule has 2 aromatic carbocycles. The molecule has 0 atom stereocenters. The number of hydrogen-bond donors (Lipinski definition) is 1. The molecule has 1 amide bonds. The molecule has 5 nitrogen and oxygen atoms in total. The summed E-state index contributed by atoms with van der Waals surface area (Å²) in [7, 11) is 0. The van der Waals surface area contributed by atoms with Gasteiger partial charge in [0.05, 0.1) is 6.54 Å². The fourth-order valence-corrected chi connectivity index (χ4v) is 2.03. The van der Waals surface area contributed by atoms with Crippen molar-refractivity contribution < 1.29 is 13.6 Å². The van der Waals surface area contributed by atoms with Crippen molar-refractivity contribution in [2.75, 3.05) is 0 Å². The lowest BCUT2D eigenvalue weighted by Crippen LogP contribution is -2.23. The van der Waals surface area contributed by atoms with Gasteiger partial charge in [0.2, 0.25) is 11.8 Å². The number of benzene rings is 2. The summed E-state index contributed by atoms with van der Waals surface area (Å²) in [6.45, 7) is 2.07. The minimum absolute atomic E-state index is 0.0776. The molecule has 1 N–H and O–H groups in total. The van der Waals surface area contributed by atoms with E-state index >= 15 is 0 Å². The molecule has 116 valence electrons. The number of aromatic nitrogens is 2. The van der Waals surface area contributed by atoms with Crippen molar-refractivity contribution in [3.63, 3.8) is 0 Å². The van der Waals surface area contributed by atoms with Gasteiger partial charge in [0.15, 0.2) is 0 Å². The molecule has 0 aliphatic rings. The first-order valence-corrected chi connectivity index (χ1v) is 7.05. The van der Waals surface area contributed by atoms with E-state index in [2.05, 4.69) is 15.5 Å². The lowest BCUT2D eigenvalue weighted by atomic mass is 10.1. The maximum Gasteiger partial charge on any atom is 0.251 e. The van der Waals surface area contributed by atoms with Gasteiger partial charge in [0.25, 0.3) is 5.91 Å². The van der Waals surface area contributed by atoms with Gasteiger partial charge in [-0.15, -0.1) is 10.2 Å². The van der Waals surface area contributed by atoms with E-state index in [0.29, 0.717) is 5.89 Å². The normalized spacial score (nSPS) is 10.5. The summed E-state index contributed by atoms with van der Waals surface area (Å²) < 4.78 is 18.6. The maximum atomic E-state index is 13.1. The maximum absolute atomic E-state index is 13.1. The minimum atomic E-state index is -0.461. The second-order valence-corrected chi connectivity index (χ2v) is 5.06. The predicted octanol–water partition coefficient (Wildman–Crippen LogP) is 3.11. The highest BCUT2D eigenvalue weighted by Crippen LogP contribution is 2.18. The van der Waals surface area contributed by atoms with E-state index in [-0.39, 0.29) is 18.0 Å². The highest BCUT2D eigenvalue weighted by atomic mass is 19.1. The van der Waals surface area contributed by atoms with Crippen LogP contribution in [0.4, 0.5) is 4.39 Å². The van der Waals surface area contributed by atoms with Gasteiger partial charge < -0.3 is 9.73 Å². The van der Waals surface area contributed by atoms with Gasteiger partial charge in [-0.1, -0.05) is 23.8 Å². The lowest BCUT2D eigenvalue weighted by Gasteiger charge is -2.02. The number of aryl methyl sites for hydroxylation is 1. The first-order chi connectivity index (χ1) is 11.1. The van der Waals surface area contributed by atoms with Crippen molar-refractivity contribution >= 4 is 5.91 Å². The standard InChI is InChI=1S/C17H14FN3O2/c1-11-5-7-12(8-6-11)17-21-20-15(23-17)10-19-16(22)13-3-2-4-14(18)9-13/h2-9H,10H2,1H3,(H,19,22). The van der Waals surface area contributed by atoms with E-state index in [4.69, 9.17) is 4.42 Å². The molecule has 23 heavy (non-hydrogen) atoms. The van der Waals surface area contributed by atoms with Gasteiger partial charge in [0, 0.05) is 11.1 Å². The summed E-state index contributed by atoms with van der Waals surface area (Å²) in [4.78, 5) is 11.9. The SMILES string of the molecule is Cc1ccc(-c2nnc(CNC(=O)c3cccc(F)c3)o2)cc1. The molecule has 3 aromatic rings. The topological polar surface area (TPSA) is 68.0 Å². The average Bonchev–Trinajstić information content (AvgIpc) is 3.02. The molecule has 0 radical (unpaired) electrons. The minimum Gasteiger partial charge on any atom is -0.419 e. The average molecular weight is 311 g/mol. The Hall–Kier alpha value is -3.02. The molecule has 0 aliphatic heterocycles. The molecule has 1 heterocycles. The van der Waals surface area contributed by atoms with Gasteiger partial charge >= 0.3 is 0 Å². The molecule has 0 fully saturated rings. The third-order valence-corrected chi connectivity index (χ3v) is 3.25. The Morgan fingerprint density at radius 1 is 1.17 bits per heavy atom. The quantitative estimate of drug-likeness (QED) is 0.804. The van der Waals surface area contributed by atoms with Gasteiger partial charge in [-0.2, -0.15) is 0 Å². The van der Waals surface area contributed by atoms with Crippen LogP contribution in [0.3, 0.4) is 0 Å². The number of amides is 1. The van der Waals surface area contributed by atoms with Gasteiger partial charge in [0.1, 0.15) is 5.82 Å². The van der Waals surface area contributed by atoms with Crippen molar-refractivity contribution in [2.45, 2.75) is 13.5 Å². The van der Waals surface area contributed by atoms with E-state index in [1.165, 1.54) is 24.3 Å². The van der Waals surface area contributed by atoms with E-state index in [0.717, 1.165) is 11.1 Å². The predicted molar refractivity (Wildman–Crippen MR) is 82.0 cm³/mol. The van der Waals surface area contributed by atoms with Crippen molar-refractivity contribution in [1.82, 2.24) is 15.5 Å². The highest BCUT2D eigenvalue weighted by Gasteiger charge is 2.11. The molecule has 6 heteroatoms. The van der Waals surface area contributed by atoms with Crippen molar-refractivity contribution in [3.05, 3.63) is 71.4 Å². The molecule has 0 saturated carbocycles. The van der Waals surface area contributed by atoms with Crippen LogP contribution in [0, 0.1) is 12.7 Å².